The largest absolute Gasteiger partial charge is 0.497 e. The average molecular weight is 292 g/mol. The molecule has 0 saturated carbocycles. The van der Waals surface area contributed by atoms with Crippen LogP contribution in [0.25, 0.3) is 0 Å². The van der Waals surface area contributed by atoms with E-state index in [4.69, 9.17) is 4.74 Å². The van der Waals surface area contributed by atoms with E-state index < -0.39 is 9.84 Å². The Kier molecular flexibility index (Phi) is 4.24. The number of anilines is 1. The topological polar surface area (TPSA) is 68.3 Å². The monoisotopic (exact) mass is 292 g/mol. The van der Waals surface area contributed by atoms with Crippen LogP contribution in [0, 0.1) is 0 Å². The number of aromatic nitrogens is 1. The molecule has 0 unspecified atom stereocenters. The maximum atomic E-state index is 11.7. The third-order valence-electron chi connectivity index (χ3n) is 2.76. The second-order valence-corrected chi connectivity index (χ2v) is 6.31. The van der Waals surface area contributed by atoms with Crippen LogP contribution in [-0.4, -0.2) is 26.8 Å². The van der Waals surface area contributed by atoms with Gasteiger partial charge in [-0.3, -0.25) is 0 Å². The number of ether oxygens (including phenoxy) is 1. The standard InChI is InChI=1S/C14H16N2O3S/c1-19-12-6-3-5-11(9-12)10-16-14-13(20(2,17)18)7-4-8-15-14/h3-9H,10H2,1-2H3,(H,15,16). The number of sulfone groups is 1. The van der Waals surface area contributed by atoms with Crippen LogP contribution in [-0.2, 0) is 16.4 Å². The van der Waals surface area contributed by atoms with Crippen molar-refractivity contribution in [1.82, 2.24) is 4.98 Å². The first kappa shape index (κ1) is 14.3. The second-order valence-electron chi connectivity index (χ2n) is 4.33. The minimum Gasteiger partial charge on any atom is -0.497 e. The minimum absolute atomic E-state index is 0.197. The fourth-order valence-corrected chi connectivity index (χ4v) is 2.59. The number of hydrogen-bond acceptors (Lipinski definition) is 5. The quantitative estimate of drug-likeness (QED) is 0.914. The summed E-state index contributed by atoms with van der Waals surface area (Å²) in [6.45, 7) is 0.469. The van der Waals surface area contributed by atoms with Gasteiger partial charge in [-0.25, -0.2) is 13.4 Å². The fraction of sp³-hybridized carbons (Fsp3) is 0.214. The van der Waals surface area contributed by atoms with E-state index >= 15 is 0 Å². The molecule has 0 aliphatic carbocycles. The molecule has 6 heteroatoms. The molecule has 0 radical (unpaired) electrons. The molecule has 1 aromatic carbocycles. The first-order valence-electron chi connectivity index (χ1n) is 6.02. The molecule has 0 bridgehead atoms. The molecule has 2 aromatic rings. The summed E-state index contributed by atoms with van der Waals surface area (Å²) in [6.07, 6.45) is 2.73. The Morgan fingerprint density at radius 3 is 2.75 bits per heavy atom. The molecule has 0 fully saturated rings. The Morgan fingerprint density at radius 1 is 1.25 bits per heavy atom. The van der Waals surface area contributed by atoms with Gasteiger partial charge < -0.3 is 10.1 Å². The van der Waals surface area contributed by atoms with E-state index in [1.54, 1.807) is 19.4 Å². The highest BCUT2D eigenvalue weighted by Gasteiger charge is 2.13. The molecule has 0 saturated heterocycles. The van der Waals surface area contributed by atoms with Crippen molar-refractivity contribution in [2.75, 3.05) is 18.7 Å². The lowest BCUT2D eigenvalue weighted by Crippen LogP contribution is -2.07. The Morgan fingerprint density at radius 2 is 2.05 bits per heavy atom. The van der Waals surface area contributed by atoms with Crippen molar-refractivity contribution in [2.45, 2.75) is 11.4 Å². The van der Waals surface area contributed by atoms with Crippen LogP contribution in [0.2, 0.25) is 0 Å². The molecule has 1 heterocycles. The first-order valence-corrected chi connectivity index (χ1v) is 7.92. The van der Waals surface area contributed by atoms with Crippen molar-refractivity contribution in [3.8, 4) is 5.75 Å². The molecule has 20 heavy (non-hydrogen) atoms. The van der Waals surface area contributed by atoms with Crippen molar-refractivity contribution >= 4 is 15.7 Å². The maximum absolute atomic E-state index is 11.7. The Bertz CT molecular complexity index is 699. The van der Waals surface area contributed by atoms with Crippen LogP contribution in [0.15, 0.2) is 47.5 Å². The van der Waals surface area contributed by atoms with E-state index in [0.717, 1.165) is 11.3 Å². The normalized spacial score (nSPS) is 11.1. The molecule has 0 amide bonds. The Hall–Kier alpha value is -2.08. The Labute approximate surface area is 118 Å². The maximum Gasteiger partial charge on any atom is 0.179 e. The number of pyridine rings is 1. The third-order valence-corrected chi connectivity index (χ3v) is 3.89. The SMILES string of the molecule is COc1cccc(CNc2ncccc2S(C)(=O)=O)c1. The zero-order chi connectivity index (χ0) is 14.6. The average Bonchev–Trinajstić information content (AvgIpc) is 2.44. The van der Waals surface area contributed by atoms with E-state index in [2.05, 4.69) is 10.3 Å². The molecule has 106 valence electrons. The lowest BCUT2D eigenvalue weighted by atomic mass is 10.2. The smallest absolute Gasteiger partial charge is 0.179 e. The molecule has 5 nitrogen and oxygen atoms in total. The van der Waals surface area contributed by atoms with Crippen LogP contribution in [0.4, 0.5) is 5.82 Å². The van der Waals surface area contributed by atoms with Crippen LogP contribution < -0.4 is 10.1 Å². The predicted octanol–water partition coefficient (Wildman–Crippen LogP) is 2.11. The predicted molar refractivity (Wildman–Crippen MR) is 77.7 cm³/mol. The molecule has 1 N–H and O–H groups in total. The number of methoxy groups -OCH3 is 1. The number of nitrogens with zero attached hydrogens (tertiary/aromatic N) is 1. The molecular formula is C14H16N2O3S. The van der Waals surface area contributed by atoms with Crippen molar-refractivity contribution < 1.29 is 13.2 Å². The summed E-state index contributed by atoms with van der Waals surface area (Å²) in [6, 6.07) is 10.7. The van der Waals surface area contributed by atoms with Crippen LogP contribution >= 0.6 is 0 Å². The van der Waals surface area contributed by atoms with Gasteiger partial charge in [-0.1, -0.05) is 12.1 Å². The van der Waals surface area contributed by atoms with E-state index in [9.17, 15) is 8.42 Å². The van der Waals surface area contributed by atoms with Crippen molar-refractivity contribution in [1.29, 1.82) is 0 Å². The highest BCUT2D eigenvalue weighted by Crippen LogP contribution is 2.19. The van der Waals surface area contributed by atoms with Gasteiger partial charge in [0, 0.05) is 19.0 Å². The van der Waals surface area contributed by atoms with Crippen LogP contribution in [0.3, 0.4) is 0 Å². The number of nitrogens with one attached hydrogen (secondary N) is 1. The number of hydrogen-bond donors (Lipinski definition) is 1. The van der Waals surface area contributed by atoms with E-state index in [0.29, 0.717) is 12.4 Å². The van der Waals surface area contributed by atoms with Gasteiger partial charge in [0.15, 0.2) is 9.84 Å². The van der Waals surface area contributed by atoms with Gasteiger partial charge in [0.1, 0.15) is 16.5 Å². The number of rotatable bonds is 5. The van der Waals surface area contributed by atoms with Gasteiger partial charge in [-0.15, -0.1) is 0 Å². The highest BCUT2D eigenvalue weighted by molar-refractivity contribution is 7.90. The molecule has 1 aromatic heterocycles. The summed E-state index contributed by atoms with van der Waals surface area (Å²) < 4.78 is 28.5. The third kappa shape index (κ3) is 3.48. The summed E-state index contributed by atoms with van der Waals surface area (Å²) in [5.41, 5.74) is 0.981. The van der Waals surface area contributed by atoms with Crippen molar-refractivity contribution in [3.05, 3.63) is 48.2 Å². The van der Waals surface area contributed by atoms with Gasteiger partial charge in [0.25, 0.3) is 0 Å². The summed E-state index contributed by atoms with van der Waals surface area (Å²) in [5, 5.41) is 3.04. The Balaban J connectivity index is 2.19. The number of benzene rings is 1. The molecule has 0 spiro atoms. The zero-order valence-corrected chi connectivity index (χ0v) is 12.1. The second kappa shape index (κ2) is 5.92. The molecule has 0 atom stereocenters. The van der Waals surface area contributed by atoms with E-state index in [-0.39, 0.29) is 4.90 Å². The first-order chi connectivity index (χ1) is 9.50. The summed E-state index contributed by atoms with van der Waals surface area (Å²) in [4.78, 5) is 4.28. The lowest BCUT2D eigenvalue weighted by Gasteiger charge is -2.10. The van der Waals surface area contributed by atoms with Gasteiger partial charge in [-0.2, -0.15) is 0 Å². The summed E-state index contributed by atoms with van der Waals surface area (Å²) in [7, 11) is -1.70. The lowest BCUT2D eigenvalue weighted by molar-refractivity contribution is 0.414. The molecule has 2 rings (SSSR count). The van der Waals surface area contributed by atoms with Crippen molar-refractivity contribution in [3.63, 3.8) is 0 Å². The van der Waals surface area contributed by atoms with Gasteiger partial charge in [0.2, 0.25) is 0 Å². The van der Waals surface area contributed by atoms with E-state index in [1.165, 1.54) is 12.3 Å². The van der Waals surface area contributed by atoms with Crippen LogP contribution in [0.1, 0.15) is 5.56 Å². The van der Waals surface area contributed by atoms with Crippen molar-refractivity contribution in [2.24, 2.45) is 0 Å². The van der Waals surface area contributed by atoms with E-state index in [1.807, 2.05) is 24.3 Å². The zero-order valence-electron chi connectivity index (χ0n) is 11.3. The van der Waals surface area contributed by atoms with Gasteiger partial charge in [0.05, 0.1) is 7.11 Å². The summed E-state index contributed by atoms with van der Waals surface area (Å²) >= 11 is 0. The highest BCUT2D eigenvalue weighted by atomic mass is 32.2. The van der Waals surface area contributed by atoms with Gasteiger partial charge in [-0.05, 0) is 29.8 Å². The van der Waals surface area contributed by atoms with Gasteiger partial charge >= 0.3 is 0 Å². The fourth-order valence-electron chi connectivity index (χ4n) is 1.79. The molecular weight excluding hydrogens is 276 g/mol. The molecule has 0 aliphatic heterocycles. The molecule has 0 aliphatic rings. The van der Waals surface area contributed by atoms with Crippen LogP contribution in [0.5, 0.6) is 5.75 Å². The summed E-state index contributed by atoms with van der Waals surface area (Å²) in [5.74, 6) is 1.12. The minimum atomic E-state index is -3.30.